The summed E-state index contributed by atoms with van der Waals surface area (Å²) in [5.74, 6) is 0. The molecule has 0 aliphatic heterocycles. The Kier molecular flexibility index (Phi) is 7.36. The molecule has 0 atom stereocenters. The molecule has 60 heavy (non-hydrogen) atoms. The van der Waals surface area contributed by atoms with Crippen molar-refractivity contribution >= 4 is 49.6 Å². The van der Waals surface area contributed by atoms with Crippen LogP contribution in [-0.4, -0.2) is 4.57 Å². The second kappa shape index (κ2) is 12.7. The summed E-state index contributed by atoms with van der Waals surface area (Å²) >= 11 is 0. The maximum Gasteiger partial charge on any atom is 0.0541 e. The van der Waals surface area contributed by atoms with Crippen molar-refractivity contribution in [1.29, 1.82) is 0 Å². The minimum atomic E-state index is -0.122. The average molecular weight is 769 g/mol. The number of aromatic nitrogens is 1. The van der Waals surface area contributed by atoms with E-state index in [9.17, 15) is 0 Å². The van der Waals surface area contributed by atoms with E-state index in [0.717, 1.165) is 22.7 Å². The Morgan fingerprint density at radius 2 is 0.833 bits per heavy atom. The number of fused-ring (bicyclic) bond motifs is 10. The highest BCUT2D eigenvalue weighted by Gasteiger charge is 2.37. The first-order valence-corrected chi connectivity index (χ1v) is 21.2. The molecule has 0 amide bonds. The number of hydrogen-bond donors (Lipinski definition) is 0. The van der Waals surface area contributed by atoms with Gasteiger partial charge in [-0.25, -0.2) is 0 Å². The molecular weight excluding hydrogens is 725 g/mol. The van der Waals surface area contributed by atoms with Gasteiger partial charge in [-0.1, -0.05) is 161 Å². The van der Waals surface area contributed by atoms with Crippen molar-refractivity contribution < 1.29 is 0 Å². The van der Waals surface area contributed by atoms with Crippen molar-refractivity contribution in [2.75, 3.05) is 4.90 Å². The predicted molar refractivity (Wildman–Crippen MR) is 254 cm³/mol. The van der Waals surface area contributed by atoms with E-state index in [0.29, 0.717) is 0 Å². The molecule has 0 saturated carbocycles. The third-order valence-corrected chi connectivity index (χ3v) is 13.8. The second-order valence-electron chi connectivity index (χ2n) is 17.8. The minimum Gasteiger partial charge on any atom is -0.310 e. The molecule has 0 saturated heterocycles. The Morgan fingerprint density at radius 3 is 1.43 bits per heavy atom. The topological polar surface area (TPSA) is 8.17 Å². The molecule has 0 fully saturated rings. The van der Waals surface area contributed by atoms with E-state index in [4.69, 9.17) is 0 Å². The Labute approximate surface area is 351 Å². The molecule has 2 nitrogen and oxygen atoms in total. The third kappa shape index (κ3) is 4.94. The first-order chi connectivity index (χ1) is 29.3. The van der Waals surface area contributed by atoms with Crippen molar-refractivity contribution in [3.05, 3.63) is 216 Å². The first kappa shape index (κ1) is 34.8. The average Bonchev–Trinajstić information content (AvgIpc) is 3.83. The Bertz CT molecular complexity index is 3230. The Hall–Kier alpha value is -7.16. The summed E-state index contributed by atoms with van der Waals surface area (Å²) in [6, 6.07) is 72.4. The Morgan fingerprint density at radius 1 is 0.350 bits per heavy atom. The highest BCUT2D eigenvalue weighted by Crippen LogP contribution is 2.53. The van der Waals surface area contributed by atoms with Crippen LogP contribution in [0.25, 0.3) is 71.6 Å². The van der Waals surface area contributed by atoms with Crippen LogP contribution in [0.15, 0.2) is 194 Å². The van der Waals surface area contributed by atoms with Crippen molar-refractivity contribution in [1.82, 2.24) is 4.57 Å². The van der Waals surface area contributed by atoms with E-state index < -0.39 is 0 Å². The molecular formula is C58H44N2. The fourth-order valence-corrected chi connectivity index (χ4v) is 10.8. The molecule has 9 aromatic carbocycles. The van der Waals surface area contributed by atoms with Gasteiger partial charge in [0.2, 0.25) is 0 Å². The maximum absolute atomic E-state index is 2.49. The summed E-state index contributed by atoms with van der Waals surface area (Å²) < 4.78 is 2.44. The monoisotopic (exact) mass is 768 g/mol. The van der Waals surface area contributed by atoms with Gasteiger partial charge in [-0.3, -0.25) is 0 Å². The van der Waals surface area contributed by atoms with Crippen LogP contribution in [0.4, 0.5) is 17.1 Å². The summed E-state index contributed by atoms with van der Waals surface area (Å²) in [4.78, 5) is 2.49. The van der Waals surface area contributed by atoms with Crippen molar-refractivity contribution in [2.45, 2.75) is 38.5 Å². The zero-order valence-electron chi connectivity index (χ0n) is 34.4. The Balaban J connectivity index is 1.07. The highest BCUT2D eigenvalue weighted by atomic mass is 15.1. The molecule has 1 aromatic heterocycles. The van der Waals surface area contributed by atoms with Crippen molar-refractivity contribution in [3.63, 3.8) is 0 Å². The summed E-state index contributed by atoms with van der Waals surface area (Å²) in [5.41, 5.74) is 20.0. The lowest BCUT2D eigenvalue weighted by Crippen LogP contribution is -2.18. The highest BCUT2D eigenvalue weighted by molar-refractivity contribution is 6.10. The lowest BCUT2D eigenvalue weighted by molar-refractivity contribution is 0.660. The van der Waals surface area contributed by atoms with E-state index in [1.54, 1.807) is 0 Å². The van der Waals surface area contributed by atoms with Crippen LogP contribution in [-0.2, 0) is 10.8 Å². The van der Waals surface area contributed by atoms with E-state index in [1.165, 1.54) is 88.2 Å². The summed E-state index contributed by atoms with van der Waals surface area (Å²) in [7, 11) is 0. The molecule has 0 spiro atoms. The lowest BCUT2D eigenvalue weighted by Gasteiger charge is -2.30. The van der Waals surface area contributed by atoms with Crippen LogP contribution in [0.5, 0.6) is 0 Å². The van der Waals surface area contributed by atoms with Gasteiger partial charge in [0, 0.05) is 44.4 Å². The molecule has 286 valence electrons. The van der Waals surface area contributed by atoms with Gasteiger partial charge in [0.25, 0.3) is 0 Å². The largest absolute Gasteiger partial charge is 0.310 e. The molecule has 2 heteroatoms. The van der Waals surface area contributed by atoms with Gasteiger partial charge in [0.1, 0.15) is 0 Å². The molecule has 0 radical (unpaired) electrons. The molecule has 0 bridgehead atoms. The standard InChI is InChI=1S/C58H44N2/c1-57(2)51-24-11-7-20-44(51)46-30-28-40(35-53(46)57)59(41-29-31-47-45-21-8-12-25-52(45)58(3,4)54(47)36-41)39-18-15-17-38(32-39)50-34-42(33-37-16-5-6-19-43(37)50)60-55-26-13-9-22-48(55)49-23-10-14-27-56(49)60/h5-36H,1-4H3. The van der Waals surface area contributed by atoms with Gasteiger partial charge in [-0.2, -0.15) is 0 Å². The fourth-order valence-electron chi connectivity index (χ4n) is 10.8. The zero-order chi connectivity index (χ0) is 40.3. The van der Waals surface area contributed by atoms with Gasteiger partial charge < -0.3 is 9.47 Å². The lowest BCUT2D eigenvalue weighted by atomic mass is 9.82. The number of nitrogens with zero attached hydrogens (tertiary/aromatic N) is 2. The quantitative estimate of drug-likeness (QED) is 0.169. The van der Waals surface area contributed by atoms with Gasteiger partial charge in [0.15, 0.2) is 0 Å². The summed E-state index contributed by atoms with van der Waals surface area (Å²) in [5, 5.41) is 4.98. The molecule has 1 heterocycles. The minimum absolute atomic E-state index is 0.122. The molecule has 12 rings (SSSR count). The van der Waals surface area contributed by atoms with Gasteiger partial charge in [0.05, 0.1) is 11.0 Å². The van der Waals surface area contributed by atoms with E-state index in [-0.39, 0.29) is 10.8 Å². The SMILES string of the molecule is CC1(C)c2ccccc2-c2ccc(N(c3cccc(-c4cc(-n5c6ccccc6c6ccccc65)cc5ccccc45)c3)c3ccc4c(c3)C(C)(C)c3ccccc3-4)cc21. The van der Waals surface area contributed by atoms with Gasteiger partial charge in [-0.15, -0.1) is 0 Å². The van der Waals surface area contributed by atoms with Crippen molar-refractivity contribution in [2.24, 2.45) is 0 Å². The number of hydrogen-bond acceptors (Lipinski definition) is 1. The van der Waals surface area contributed by atoms with Crippen molar-refractivity contribution in [3.8, 4) is 39.1 Å². The zero-order valence-corrected chi connectivity index (χ0v) is 34.4. The van der Waals surface area contributed by atoms with Gasteiger partial charge in [-0.05, 0) is 127 Å². The number of rotatable bonds is 5. The molecule has 0 N–H and O–H groups in total. The van der Waals surface area contributed by atoms with E-state index in [2.05, 4.69) is 231 Å². The molecule has 2 aliphatic carbocycles. The second-order valence-corrected chi connectivity index (χ2v) is 17.8. The van der Waals surface area contributed by atoms with Crippen LogP contribution in [0.2, 0.25) is 0 Å². The number of anilines is 3. The van der Waals surface area contributed by atoms with Crippen LogP contribution in [0.1, 0.15) is 49.9 Å². The van der Waals surface area contributed by atoms with Crippen LogP contribution in [0.3, 0.4) is 0 Å². The fraction of sp³-hybridized carbons (Fsp3) is 0.103. The van der Waals surface area contributed by atoms with Crippen LogP contribution >= 0.6 is 0 Å². The van der Waals surface area contributed by atoms with E-state index in [1.807, 2.05) is 0 Å². The molecule has 2 aliphatic rings. The summed E-state index contributed by atoms with van der Waals surface area (Å²) in [6.07, 6.45) is 0. The first-order valence-electron chi connectivity index (χ1n) is 21.2. The van der Waals surface area contributed by atoms with E-state index >= 15 is 0 Å². The number of para-hydroxylation sites is 2. The smallest absolute Gasteiger partial charge is 0.0541 e. The summed E-state index contributed by atoms with van der Waals surface area (Å²) in [6.45, 7) is 9.49. The number of benzene rings is 9. The van der Waals surface area contributed by atoms with Crippen LogP contribution < -0.4 is 4.90 Å². The predicted octanol–water partition coefficient (Wildman–Crippen LogP) is 15.7. The third-order valence-electron chi connectivity index (χ3n) is 13.8. The van der Waals surface area contributed by atoms with Gasteiger partial charge >= 0.3 is 0 Å². The van der Waals surface area contributed by atoms with Crippen LogP contribution in [0, 0.1) is 0 Å². The molecule has 0 unspecified atom stereocenters. The maximum atomic E-state index is 2.49. The molecule has 10 aromatic rings. The normalized spacial score (nSPS) is 14.3.